The summed E-state index contributed by atoms with van der Waals surface area (Å²) in [6, 6.07) is 7.95. The van der Waals surface area contributed by atoms with Crippen LogP contribution in [-0.4, -0.2) is 34.1 Å². The molecular weight excluding hydrogens is 230 g/mol. The van der Waals surface area contributed by atoms with E-state index in [2.05, 4.69) is 15.3 Å². The molecule has 0 amide bonds. The van der Waals surface area contributed by atoms with Crippen LogP contribution in [0.25, 0.3) is 11.0 Å². The number of aromatic amines is 1. The number of H-pyrrole nitrogens is 1. The summed E-state index contributed by atoms with van der Waals surface area (Å²) in [5.41, 5.74) is 2.05. The van der Waals surface area contributed by atoms with Crippen LogP contribution < -0.4 is 5.32 Å². The maximum Gasteiger partial charge on any atom is 0.304 e. The van der Waals surface area contributed by atoms with Crippen molar-refractivity contribution in [1.82, 2.24) is 15.3 Å². The first kappa shape index (κ1) is 12.6. The molecule has 0 spiro atoms. The van der Waals surface area contributed by atoms with Crippen LogP contribution in [0, 0.1) is 0 Å². The molecule has 5 heteroatoms. The second-order valence-corrected chi connectivity index (χ2v) is 4.20. The maximum atomic E-state index is 10.3. The Labute approximate surface area is 105 Å². The average Bonchev–Trinajstić information content (AvgIpc) is 2.75. The molecule has 0 unspecified atom stereocenters. The molecule has 0 saturated carbocycles. The minimum Gasteiger partial charge on any atom is -0.481 e. The number of carboxylic acid groups (broad SMARTS) is 1. The molecule has 18 heavy (non-hydrogen) atoms. The van der Waals surface area contributed by atoms with E-state index in [0.29, 0.717) is 6.54 Å². The van der Waals surface area contributed by atoms with E-state index in [0.717, 1.165) is 36.2 Å². The first-order valence-corrected chi connectivity index (χ1v) is 6.12. The topological polar surface area (TPSA) is 78.0 Å². The Bertz CT molecular complexity index is 489. The van der Waals surface area contributed by atoms with Gasteiger partial charge in [-0.25, -0.2) is 4.98 Å². The van der Waals surface area contributed by atoms with Crippen molar-refractivity contribution in [3.05, 3.63) is 30.1 Å². The number of nitrogens with zero attached hydrogens (tertiary/aromatic N) is 1. The van der Waals surface area contributed by atoms with E-state index in [9.17, 15) is 4.79 Å². The summed E-state index contributed by atoms with van der Waals surface area (Å²) in [7, 11) is 0. The molecule has 3 N–H and O–H groups in total. The fourth-order valence-electron chi connectivity index (χ4n) is 1.83. The lowest BCUT2D eigenvalue weighted by Crippen LogP contribution is -2.19. The quantitative estimate of drug-likeness (QED) is 0.649. The number of rotatable bonds is 7. The predicted molar refractivity (Wildman–Crippen MR) is 69.5 cm³/mol. The third-order valence-electron chi connectivity index (χ3n) is 2.72. The van der Waals surface area contributed by atoms with Gasteiger partial charge in [0.25, 0.3) is 0 Å². The molecule has 5 nitrogen and oxygen atoms in total. The van der Waals surface area contributed by atoms with Crippen molar-refractivity contribution in [3.63, 3.8) is 0 Å². The van der Waals surface area contributed by atoms with Crippen molar-refractivity contribution in [1.29, 1.82) is 0 Å². The summed E-state index contributed by atoms with van der Waals surface area (Å²) in [6.45, 7) is 1.33. The third kappa shape index (κ3) is 3.56. The van der Waals surface area contributed by atoms with Crippen molar-refractivity contribution in [2.24, 2.45) is 0 Å². The van der Waals surface area contributed by atoms with E-state index in [1.807, 2.05) is 24.3 Å². The van der Waals surface area contributed by atoms with Gasteiger partial charge in [-0.3, -0.25) is 4.79 Å². The fourth-order valence-corrected chi connectivity index (χ4v) is 1.83. The standard InChI is InChI=1S/C13H17N3O2/c17-13(18)7-9-14-8-3-6-12-15-10-4-1-2-5-11(10)16-12/h1-2,4-5,14H,3,6-9H2,(H,15,16)(H,17,18). The number of hydrogen-bond donors (Lipinski definition) is 3. The Morgan fingerprint density at radius 3 is 2.94 bits per heavy atom. The lowest BCUT2D eigenvalue weighted by molar-refractivity contribution is -0.136. The zero-order valence-electron chi connectivity index (χ0n) is 10.1. The first-order valence-electron chi connectivity index (χ1n) is 6.12. The molecule has 0 saturated heterocycles. The molecule has 2 aromatic rings. The smallest absolute Gasteiger partial charge is 0.304 e. The van der Waals surface area contributed by atoms with E-state index < -0.39 is 5.97 Å². The number of aromatic nitrogens is 2. The SMILES string of the molecule is O=C(O)CCNCCCc1nc2ccccc2[nH]1. The van der Waals surface area contributed by atoms with Gasteiger partial charge in [-0.2, -0.15) is 0 Å². The summed E-state index contributed by atoms with van der Waals surface area (Å²) < 4.78 is 0. The normalized spacial score (nSPS) is 10.9. The lowest BCUT2D eigenvalue weighted by Gasteiger charge is -2.01. The van der Waals surface area contributed by atoms with E-state index in [1.54, 1.807) is 0 Å². The second-order valence-electron chi connectivity index (χ2n) is 4.20. The Kier molecular flexibility index (Phi) is 4.30. The monoisotopic (exact) mass is 247 g/mol. The van der Waals surface area contributed by atoms with Crippen molar-refractivity contribution in [3.8, 4) is 0 Å². The van der Waals surface area contributed by atoms with Crippen LogP contribution in [0.15, 0.2) is 24.3 Å². The van der Waals surface area contributed by atoms with E-state index in [1.165, 1.54) is 0 Å². The summed E-state index contributed by atoms with van der Waals surface area (Å²) in [4.78, 5) is 18.1. The molecule has 0 aliphatic carbocycles. The Hall–Kier alpha value is -1.88. The molecule has 96 valence electrons. The largest absolute Gasteiger partial charge is 0.481 e. The van der Waals surface area contributed by atoms with Gasteiger partial charge in [-0.1, -0.05) is 12.1 Å². The summed E-state index contributed by atoms with van der Waals surface area (Å²) >= 11 is 0. The number of aliphatic carboxylic acids is 1. The molecule has 0 radical (unpaired) electrons. The fraction of sp³-hybridized carbons (Fsp3) is 0.385. The predicted octanol–water partition coefficient (Wildman–Crippen LogP) is 1.56. The number of nitrogens with one attached hydrogen (secondary N) is 2. The number of imidazole rings is 1. The van der Waals surface area contributed by atoms with Crippen LogP contribution in [0.5, 0.6) is 0 Å². The molecule has 0 bridgehead atoms. The van der Waals surface area contributed by atoms with Crippen molar-refractivity contribution in [2.75, 3.05) is 13.1 Å². The Balaban J connectivity index is 1.72. The van der Waals surface area contributed by atoms with E-state index >= 15 is 0 Å². The van der Waals surface area contributed by atoms with Crippen LogP contribution in [0.4, 0.5) is 0 Å². The highest BCUT2D eigenvalue weighted by Gasteiger charge is 2.01. The van der Waals surface area contributed by atoms with Gasteiger partial charge in [0, 0.05) is 13.0 Å². The van der Waals surface area contributed by atoms with Crippen LogP contribution >= 0.6 is 0 Å². The van der Waals surface area contributed by atoms with E-state index in [-0.39, 0.29) is 6.42 Å². The number of carbonyl (C=O) groups is 1. The minimum absolute atomic E-state index is 0.171. The number of para-hydroxylation sites is 2. The molecule has 0 atom stereocenters. The van der Waals surface area contributed by atoms with Gasteiger partial charge < -0.3 is 15.4 Å². The number of aryl methyl sites for hydroxylation is 1. The first-order chi connectivity index (χ1) is 8.75. The van der Waals surface area contributed by atoms with Gasteiger partial charge in [0.15, 0.2) is 0 Å². The van der Waals surface area contributed by atoms with Crippen LogP contribution in [0.3, 0.4) is 0 Å². The Morgan fingerprint density at radius 2 is 2.17 bits per heavy atom. The zero-order chi connectivity index (χ0) is 12.8. The molecule has 2 rings (SSSR count). The number of carboxylic acids is 1. The third-order valence-corrected chi connectivity index (χ3v) is 2.72. The summed E-state index contributed by atoms with van der Waals surface area (Å²) in [5, 5.41) is 11.6. The zero-order valence-corrected chi connectivity index (χ0v) is 10.1. The molecule has 1 aromatic carbocycles. The van der Waals surface area contributed by atoms with Gasteiger partial charge in [0.05, 0.1) is 17.5 Å². The Morgan fingerprint density at radius 1 is 1.33 bits per heavy atom. The van der Waals surface area contributed by atoms with Gasteiger partial charge in [0.1, 0.15) is 5.82 Å². The molecular formula is C13H17N3O2. The highest BCUT2D eigenvalue weighted by atomic mass is 16.4. The van der Waals surface area contributed by atoms with Crippen molar-refractivity contribution in [2.45, 2.75) is 19.3 Å². The van der Waals surface area contributed by atoms with Crippen LogP contribution in [0.2, 0.25) is 0 Å². The highest BCUT2D eigenvalue weighted by Crippen LogP contribution is 2.10. The summed E-state index contributed by atoms with van der Waals surface area (Å²) in [5.74, 6) is 0.219. The highest BCUT2D eigenvalue weighted by molar-refractivity contribution is 5.74. The van der Waals surface area contributed by atoms with E-state index in [4.69, 9.17) is 5.11 Å². The number of benzene rings is 1. The average molecular weight is 247 g/mol. The second kappa shape index (κ2) is 6.16. The maximum absolute atomic E-state index is 10.3. The lowest BCUT2D eigenvalue weighted by atomic mass is 10.3. The van der Waals surface area contributed by atoms with Gasteiger partial charge in [-0.05, 0) is 25.1 Å². The van der Waals surface area contributed by atoms with Gasteiger partial charge in [-0.15, -0.1) is 0 Å². The van der Waals surface area contributed by atoms with Crippen molar-refractivity contribution < 1.29 is 9.90 Å². The molecule has 0 aliphatic heterocycles. The van der Waals surface area contributed by atoms with Crippen LogP contribution in [0.1, 0.15) is 18.7 Å². The van der Waals surface area contributed by atoms with Crippen molar-refractivity contribution >= 4 is 17.0 Å². The minimum atomic E-state index is -0.764. The van der Waals surface area contributed by atoms with Gasteiger partial charge >= 0.3 is 5.97 Å². The molecule has 1 aromatic heterocycles. The molecule has 1 heterocycles. The molecule has 0 aliphatic rings. The number of fused-ring (bicyclic) bond motifs is 1. The number of hydrogen-bond acceptors (Lipinski definition) is 3. The molecule has 0 fully saturated rings. The van der Waals surface area contributed by atoms with Gasteiger partial charge in [0.2, 0.25) is 0 Å². The van der Waals surface area contributed by atoms with Crippen LogP contribution in [-0.2, 0) is 11.2 Å². The summed E-state index contributed by atoms with van der Waals surface area (Å²) in [6.07, 6.45) is 1.98.